The summed E-state index contributed by atoms with van der Waals surface area (Å²) < 4.78 is 37.1. The first-order chi connectivity index (χ1) is 7.95. The number of rotatable bonds is 1. The highest BCUT2D eigenvalue weighted by molar-refractivity contribution is 6.08. The molecule has 0 bridgehead atoms. The van der Waals surface area contributed by atoms with E-state index >= 15 is 0 Å². The molecule has 1 fully saturated rings. The fourth-order valence-corrected chi connectivity index (χ4v) is 1.61. The Morgan fingerprint density at radius 1 is 1.29 bits per heavy atom. The van der Waals surface area contributed by atoms with Gasteiger partial charge in [-0.15, -0.1) is 0 Å². The van der Waals surface area contributed by atoms with E-state index in [-0.39, 0.29) is 17.9 Å². The van der Waals surface area contributed by atoms with Crippen molar-refractivity contribution in [2.45, 2.75) is 25.4 Å². The Hall–Kier alpha value is -1.72. The number of ketones is 1. The SMILES string of the molecule is O=C1CCC(=Nc2ccnc(C(F)(F)F)c2)C1. The molecule has 2 rings (SSSR count). The molecule has 1 aliphatic carbocycles. The summed E-state index contributed by atoms with van der Waals surface area (Å²) in [5.41, 5.74) is -0.143. The predicted octanol–water partition coefficient (Wildman–Crippen LogP) is 2.93. The van der Waals surface area contributed by atoms with Crippen molar-refractivity contribution in [2.75, 3.05) is 0 Å². The molecule has 17 heavy (non-hydrogen) atoms. The Bertz CT molecular complexity index is 480. The molecule has 0 amide bonds. The highest BCUT2D eigenvalue weighted by Gasteiger charge is 2.32. The van der Waals surface area contributed by atoms with Crippen molar-refractivity contribution in [3.63, 3.8) is 0 Å². The quantitative estimate of drug-likeness (QED) is 0.759. The van der Waals surface area contributed by atoms with Crippen molar-refractivity contribution in [2.24, 2.45) is 4.99 Å². The summed E-state index contributed by atoms with van der Waals surface area (Å²) in [6.07, 6.45) is -2.21. The molecular weight excluding hydrogens is 233 g/mol. The summed E-state index contributed by atoms with van der Waals surface area (Å²) in [6.45, 7) is 0. The standard InChI is InChI=1S/C11H9F3N2O/c12-11(13,14)10-6-8(3-4-15-10)16-7-1-2-9(17)5-7/h3-4,6H,1-2,5H2. The molecule has 6 heteroatoms. The lowest BCUT2D eigenvalue weighted by Gasteiger charge is -2.05. The molecule has 0 unspecified atom stereocenters. The average Bonchev–Trinajstić information content (AvgIpc) is 2.63. The highest BCUT2D eigenvalue weighted by atomic mass is 19.4. The number of hydrogen-bond donors (Lipinski definition) is 0. The summed E-state index contributed by atoms with van der Waals surface area (Å²) in [5.74, 6) is 0.0776. The topological polar surface area (TPSA) is 42.3 Å². The molecule has 0 aromatic carbocycles. The van der Waals surface area contributed by atoms with Crippen LogP contribution in [0.15, 0.2) is 23.3 Å². The van der Waals surface area contributed by atoms with Crippen LogP contribution in [-0.4, -0.2) is 16.5 Å². The number of halogens is 3. The lowest BCUT2D eigenvalue weighted by molar-refractivity contribution is -0.141. The molecule has 1 saturated carbocycles. The number of hydrogen-bond acceptors (Lipinski definition) is 3. The van der Waals surface area contributed by atoms with Crippen LogP contribution in [-0.2, 0) is 11.0 Å². The first-order valence-corrected chi connectivity index (χ1v) is 5.06. The van der Waals surface area contributed by atoms with Gasteiger partial charge in [0.25, 0.3) is 0 Å². The van der Waals surface area contributed by atoms with Crippen molar-refractivity contribution in [3.05, 3.63) is 24.0 Å². The summed E-state index contributed by atoms with van der Waals surface area (Å²) in [5, 5.41) is 0. The van der Waals surface area contributed by atoms with Crippen LogP contribution in [0.5, 0.6) is 0 Å². The zero-order chi connectivity index (χ0) is 12.5. The Balaban J connectivity index is 2.25. The highest BCUT2D eigenvalue weighted by Crippen LogP contribution is 2.30. The lowest BCUT2D eigenvalue weighted by Crippen LogP contribution is -2.07. The van der Waals surface area contributed by atoms with E-state index in [0.29, 0.717) is 18.6 Å². The van der Waals surface area contributed by atoms with Crippen LogP contribution in [0, 0.1) is 0 Å². The minimum Gasteiger partial charge on any atom is -0.299 e. The molecule has 0 spiro atoms. The fraction of sp³-hybridized carbons (Fsp3) is 0.364. The fourth-order valence-electron chi connectivity index (χ4n) is 1.61. The van der Waals surface area contributed by atoms with Crippen LogP contribution >= 0.6 is 0 Å². The van der Waals surface area contributed by atoms with E-state index in [4.69, 9.17) is 0 Å². The van der Waals surface area contributed by atoms with Gasteiger partial charge in [0.2, 0.25) is 0 Å². The molecule has 1 aromatic heterocycles. The van der Waals surface area contributed by atoms with Crippen LogP contribution in [0.2, 0.25) is 0 Å². The van der Waals surface area contributed by atoms with Gasteiger partial charge in [-0.1, -0.05) is 0 Å². The van der Waals surface area contributed by atoms with Crippen molar-refractivity contribution in [3.8, 4) is 0 Å². The molecule has 1 heterocycles. The zero-order valence-electron chi connectivity index (χ0n) is 8.79. The average molecular weight is 242 g/mol. The van der Waals surface area contributed by atoms with Crippen molar-refractivity contribution >= 4 is 17.2 Å². The first-order valence-electron chi connectivity index (χ1n) is 5.06. The molecule has 0 radical (unpaired) electrons. The molecule has 1 aromatic rings. The number of pyridine rings is 1. The summed E-state index contributed by atoms with van der Waals surface area (Å²) >= 11 is 0. The minimum atomic E-state index is -4.47. The van der Waals surface area contributed by atoms with Gasteiger partial charge in [-0.3, -0.25) is 14.8 Å². The van der Waals surface area contributed by atoms with Crippen LogP contribution in [0.1, 0.15) is 25.0 Å². The molecule has 90 valence electrons. The molecule has 3 nitrogen and oxygen atoms in total. The number of nitrogens with zero attached hydrogens (tertiary/aromatic N) is 2. The molecule has 0 saturated heterocycles. The van der Waals surface area contributed by atoms with Crippen LogP contribution in [0.3, 0.4) is 0 Å². The van der Waals surface area contributed by atoms with Gasteiger partial charge in [0.05, 0.1) is 5.69 Å². The summed E-state index contributed by atoms with van der Waals surface area (Å²) in [7, 11) is 0. The number of alkyl halides is 3. The Labute approximate surface area is 95.4 Å². The van der Waals surface area contributed by atoms with E-state index in [0.717, 1.165) is 12.3 Å². The normalized spacial score (nSPS) is 19.0. The van der Waals surface area contributed by atoms with Gasteiger partial charge in [-0.05, 0) is 18.6 Å². The van der Waals surface area contributed by atoms with Crippen LogP contribution in [0.25, 0.3) is 0 Å². The Kier molecular flexibility index (Phi) is 2.95. The molecule has 0 aliphatic heterocycles. The van der Waals surface area contributed by atoms with Gasteiger partial charge < -0.3 is 0 Å². The van der Waals surface area contributed by atoms with E-state index in [1.807, 2.05) is 0 Å². The third-order valence-corrected chi connectivity index (χ3v) is 2.41. The lowest BCUT2D eigenvalue weighted by atomic mass is 10.3. The maximum Gasteiger partial charge on any atom is 0.433 e. The Morgan fingerprint density at radius 2 is 2.06 bits per heavy atom. The summed E-state index contributed by atoms with van der Waals surface area (Å²) in [6, 6.07) is 2.28. The third kappa shape index (κ3) is 2.89. The van der Waals surface area contributed by atoms with E-state index in [2.05, 4.69) is 9.98 Å². The molecular formula is C11H9F3N2O. The van der Waals surface area contributed by atoms with Crippen molar-refractivity contribution < 1.29 is 18.0 Å². The van der Waals surface area contributed by atoms with Gasteiger partial charge in [0.1, 0.15) is 11.5 Å². The monoisotopic (exact) mass is 242 g/mol. The van der Waals surface area contributed by atoms with Crippen LogP contribution in [0.4, 0.5) is 18.9 Å². The van der Waals surface area contributed by atoms with Crippen LogP contribution < -0.4 is 0 Å². The van der Waals surface area contributed by atoms with Crippen molar-refractivity contribution in [1.82, 2.24) is 4.98 Å². The van der Waals surface area contributed by atoms with Gasteiger partial charge in [0.15, 0.2) is 0 Å². The number of aromatic nitrogens is 1. The second-order valence-corrected chi connectivity index (χ2v) is 3.79. The number of carbonyl (C=O) groups is 1. The maximum atomic E-state index is 12.4. The first kappa shape index (κ1) is 11.8. The second-order valence-electron chi connectivity index (χ2n) is 3.79. The largest absolute Gasteiger partial charge is 0.433 e. The number of aliphatic imine (C=N–C) groups is 1. The van der Waals surface area contributed by atoms with E-state index < -0.39 is 11.9 Å². The smallest absolute Gasteiger partial charge is 0.299 e. The zero-order valence-corrected chi connectivity index (χ0v) is 8.79. The van der Waals surface area contributed by atoms with E-state index in [1.165, 1.54) is 6.07 Å². The molecule has 0 N–H and O–H groups in total. The van der Waals surface area contributed by atoms with Crippen molar-refractivity contribution in [1.29, 1.82) is 0 Å². The van der Waals surface area contributed by atoms with Gasteiger partial charge in [-0.2, -0.15) is 13.2 Å². The molecule has 1 aliphatic rings. The predicted molar refractivity (Wildman–Crippen MR) is 55.2 cm³/mol. The number of Topliss-reactive ketones (excluding diaryl/α,β-unsaturated/α-hetero) is 1. The number of carbonyl (C=O) groups excluding carboxylic acids is 1. The summed E-state index contributed by atoms with van der Waals surface area (Å²) in [4.78, 5) is 18.3. The van der Waals surface area contributed by atoms with Gasteiger partial charge in [0, 0.05) is 24.8 Å². The maximum absolute atomic E-state index is 12.4. The van der Waals surface area contributed by atoms with Gasteiger partial charge >= 0.3 is 6.18 Å². The van der Waals surface area contributed by atoms with Gasteiger partial charge in [-0.25, -0.2) is 0 Å². The van der Waals surface area contributed by atoms with E-state index in [1.54, 1.807) is 0 Å². The minimum absolute atomic E-state index is 0.0776. The Morgan fingerprint density at radius 3 is 2.65 bits per heavy atom. The molecule has 0 atom stereocenters. The third-order valence-electron chi connectivity index (χ3n) is 2.41. The van der Waals surface area contributed by atoms with E-state index in [9.17, 15) is 18.0 Å². The second kappa shape index (κ2) is 4.27.